The van der Waals surface area contributed by atoms with E-state index in [2.05, 4.69) is 9.97 Å². The van der Waals surface area contributed by atoms with Gasteiger partial charge in [-0.25, -0.2) is 4.98 Å². The molecule has 0 unspecified atom stereocenters. The number of aromatic amines is 1. The van der Waals surface area contributed by atoms with E-state index in [1.807, 2.05) is 13.8 Å². The normalized spacial score (nSPS) is 11.7. The molecule has 1 rings (SSSR count). The van der Waals surface area contributed by atoms with E-state index < -0.39 is 0 Å². The molecule has 0 aliphatic carbocycles. The van der Waals surface area contributed by atoms with Gasteiger partial charge in [0.05, 0.1) is 0 Å². The molecule has 0 saturated carbocycles. The van der Waals surface area contributed by atoms with Gasteiger partial charge in [-0.3, -0.25) is 4.79 Å². The molecular formula is C9H15N3O. The van der Waals surface area contributed by atoms with Crippen LogP contribution in [-0.4, -0.2) is 15.5 Å². The van der Waals surface area contributed by atoms with Crippen molar-refractivity contribution >= 4 is 0 Å². The van der Waals surface area contributed by atoms with Crippen molar-refractivity contribution < 1.29 is 0 Å². The van der Waals surface area contributed by atoms with Gasteiger partial charge in [0.15, 0.2) is 0 Å². The highest BCUT2D eigenvalue weighted by molar-refractivity contribution is 5.05. The number of hydrogen-bond donors (Lipinski definition) is 2. The number of nitrogens with zero attached hydrogens (tertiary/aromatic N) is 1. The maximum absolute atomic E-state index is 11.1. The predicted molar refractivity (Wildman–Crippen MR) is 51.6 cm³/mol. The average Bonchev–Trinajstić information content (AvgIpc) is 1.78. The molecule has 72 valence electrons. The number of H-pyrrole nitrogens is 1. The molecule has 0 fully saturated rings. The van der Waals surface area contributed by atoms with Gasteiger partial charge in [0.1, 0.15) is 5.82 Å². The van der Waals surface area contributed by atoms with Crippen molar-refractivity contribution in [2.24, 2.45) is 5.73 Å². The summed E-state index contributed by atoms with van der Waals surface area (Å²) in [6.45, 7) is 5.57. The van der Waals surface area contributed by atoms with Gasteiger partial charge in [0.2, 0.25) is 0 Å². The number of rotatable bonds is 2. The Labute approximate surface area is 77.2 Å². The Morgan fingerprint density at radius 2 is 2.23 bits per heavy atom. The molecule has 0 atom stereocenters. The van der Waals surface area contributed by atoms with Crippen LogP contribution in [0.3, 0.4) is 0 Å². The lowest BCUT2D eigenvalue weighted by atomic mass is 10.00. The minimum absolute atomic E-state index is 0.119. The van der Waals surface area contributed by atoms with Crippen LogP contribution < -0.4 is 11.3 Å². The van der Waals surface area contributed by atoms with Gasteiger partial charge in [0.25, 0.3) is 5.56 Å². The van der Waals surface area contributed by atoms with Crippen LogP contribution in [0.2, 0.25) is 0 Å². The van der Waals surface area contributed by atoms with Gasteiger partial charge >= 0.3 is 0 Å². The van der Waals surface area contributed by atoms with E-state index in [1.54, 1.807) is 6.92 Å². The molecule has 0 aliphatic rings. The number of nitrogens with two attached hydrogens (primary N) is 1. The standard InChI is InChI=1S/C9H15N3O/c1-6-11-7(4-8(13)12-6)5-9(2,3)10/h4H,5,10H2,1-3H3,(H,11,12,13). The Morgan fingerprint density at radius 1 is 1.62 bits per heavy atom. The zero-order valence-electron chi connectivity index (χ0n) is 8.22. The van der Waals surface area contributed by atoms with Crippen LogP contribution in [0.5, 0.6) is 0 Å². The molecule has 0 spiro atoms. The fourth-order valence-electron chi connectivity index (χ4n) is 1.20. The zero-order valence-corrected chi connectivity index (χ0v) is 8.22. The lowest BCUT2D eigenvalue weighted by Crippen LogP contribution is -2.35. The van der Waals surface area contributed by atoms with E-state index in [1.165, 1.54) is 6.07 Å². The first-order valence-corrected chi connectivity index (χ1v) is 4.22. The van der Waals surface area contributed by atoms with E-state index in [4.69, 9.17) is 5.73 Å². The Hall–Kier alpha value is -1.16. The molecule has 3 N–H and O–H groups in total. The second-order valence-electron chi connectivity index (χ2n) is 3.99. The van der Waals surface area contributed by atoms with Crippen molar-refractivity contribution in [2.75, 3.05) is 0 Å². The summed E-state index contributed by atoms with van der Waals surface area (Å²) < 4.78 is 0. The second-order valence-corrected chi connectivity index (χ2v) is 3.99. The molecule has 1 heterocycles. The minimum Gasteiger partial charge on any atom is -0.325 e. The summed E-state index contributed by atoms with van der Waals surface area (Å²) in [5, 5.41) is 0. The van der Waals surface area contributed by atoms with Gasteiger partial charge in [-0.05, 0) is 20.8 Å². The van der Waals surface area contributed by atoms with Crippen molar-refractivity contribution in [1.29, 1.82) is 0 Å². The molecule has 0 aliphatic heterocycles. The number of hydrogen-bond acceptors (Lipinski definition) is 3. The molecule has 1 aromatic heterocycles. The van der Waals surface area contributed by atoms with Crippen molar-refractivity contribution in [3.8, 4) is 0 Å². The molecule has 4 heteroatoms. The van der Waals surface area contributed by atoms with Crippen LogP contribution in [0, 0.1) is 6.92 Å². The van der Waals surface area contributed by atoms with Gasteiger partial charge in [-0.15, -0.1) is 0 Å². The van der Waals surface area contributed by atoms with Crippen molar-refractivity contribution in [3.63, 3.8) is 0 Å². The quantitative estimate of drug-likeness (QED) is 0.692. The minimum atomic E-state index is -0.326. The molecule has 1 aromatic rings. The third-order valence-electron chi connectivity index (χ3n) is 1.55. The average molecular weight is 181 g/mol. The van der Waals surface area contributed by atoms with Gasteiger partial charge < -0.3 is 10.7 Å². The predicted octanol–water partition coefficient (Wildman–Crippen LogP) is 0.358. The third kappa shape index (κ3) is 3.38. The van der Waals surface area contributed by atoms with E-state index in [-0.39, 0.29) is 11.1 Å². The van der Waals surface area contributed by atoms with E-state index >= 15 is 0 Å². The monoisotopic (exact) mass is 181 g/mol. The fraction of sp³-hybridized carbons (Fsp3) is 0.556. The Morgan fingerprint density at radius 3 is 2.69 bits per heavy atom. The third-order valence-corrected chi connectivity index (χ3v) is 1.55. The highest BCUT2D eigenvalue weighted by atomic mass is 16.1. The topological polar surface area (TPSA) is 71.8 Å². The van der Waals surface area contributed by atoms with Crippen molar-refractivity contribution in [1.82, 2.24) is 9.97 Å². The van der Waals surface area contributed by atoms with Gasteiger partial charge in [-0.1, -0.05) is 0 Å². The van der Waals surface area contributed by atoms with Gasteiger partial charge in [-0.2, -0.15) is 0 Å². The van der Waals surface area contributed by atoms with Gasteiger partial charge in [0, 0.05) is 23.7 Å². The first-order chi connectivity index (χ1) is 5.87. The van der Waals surface area contributed by atoms with Crippen LogP contribution in [0.4, 0.5) is 0 Å². The molecule has 13 heavy (non-hydrogen) atoms. The summed E-state index contributed by atoms with van der Waals surface area (Å²) in [4.78, 5) is 17.8. The zero-order chi connectivity index (χ0) is 10.1. The largest absolute Gasteiger partial charge is 0.325 e. The number of aryl methyl sites for hydroxylation is 1. The van der Waals surface area contributed by atoms with Crippen molar-refractivity contribution in [3.05, 3.63) is 27.9 Å². The molecular weight excluding hydrogens is 166 g/mol. The summed E-state index contributed by atoms with van der Waals surface area (Å²) in [7, 11) is 0. The van der Waals surface area contributed by atoms with Crippen molar-refractivity contribution in [2.45, 2.75) is 32.7 Å². The van der Waals surface area contributed by atoms with E-state index in [0.29, 0.717) is 12.2 Å². The molecule has 0 aromatic carbocycles. The SMILES string of the molecule is Cc1nc(CC(C)(C)N)cc(=O)[nH]1. The highest BCUT2D eigenvalue weighted by Gasteiger charge is 2.12. The molecule has 0 amide bonds. The highest BCUT2D eigenvalue weighted by Crippen LogP contribution is 2.05. The van der Waals surface area contributed by atoms with Crippen LogP contribution in [-0.2, 0) is 6.42 Å². The lowest BCUT2D eigenvalue weighted by Gasteiger charge is -2.17. The fourth-order valence-corrected chi connectivity index (χ4v) is 1.20. The smallest absolute Gasteiger partial charge is 0.251 e. The Kier molecular flexibility index (Phi) is 2.52. The summed E-state index contributed by atoms with van der Waals surface area (Å²) >= 11 is 0. The first-order valence-electron chi connectivity index (χ1n) is 4.22. The number of aromatic nitrogens is 2. The molecule has 0 radical (unpaired) electrons. The van der Waals surface area contributed by atoms with E-state index in [0.717, 1.165) is 5.69 Å². The van der Waals surface area contributed by atoms with Crippen LogP contribution in [0.25, 0.3) is 0 Å². The molecule has 0 bridgehead atoms. The van der Waals surface area contributed by atoms with Crippen LogP contribution in [0.1, 0.15) is 25.4 Å². The Bertz CT molecular complexity index is 349. The summed E-state index contributed by atoms with van der Waals surface area (Å²) in [5.74, 6) is 0.631. The Balaban J connectivity index is 2.96. The molecule has 0 saturated heterocycles. The van der Waals surface area contributed by atoms with Crippen LogP contribution >= 0.6 is 0 Å². The van der Waals surface area contributed by atoms with E-state index in [9.17, 15) is 4.79 Å². The lowest BCUT2D eigenvalue weighted by molar-refractivity contribution is 0.508. The second kappa shape index (κ2) is 3.30. The summed E-state index contributed by atoms with van der Waals surface area (Å²) in [5.41, 5.74) is 6.11. The van der Waals surface area contributed by atoms with Crippen LogP contribution in [0.15, 0.2) is 10.9 Å². The first kappa shape index (κ1) is 9.92. The summed E-state index contributed by atoms with van der Waals surface area (Å²) in [6, 6.07) is 1.49. The summed E-state index contributed by atoms with van der Waals surface area (Å²) in [6.07, 6.45) is 0.609. The number of nitrogens with one attached hydrogen (secondary N) is 1. The molecule has 4 nitrogen and oxygen atoms in total. The maximum Gasteiger partial charge on any atom is 0.251 e. The maximum atomic E-state index is 11.1.